The van der Waals surface area contributed by atoms with Gasteiger partial charge in [0.2, 0.25) is 0 Å². The van der Waals surface area contributed by atoms with Gasteiger partial charge in [0.25, 0.3) is 0 Å². The van der Waals surface area contributed by atoms with Crippen LogP contribution in [0.25, 0.3) is 0 Å². The second-order valence-corrected chi connectivity index (χ2v) is 6.65. The topological polar surface area (TPSA) is 80.9 Å². The van der Waals surface area contributed by atoms with E-state index in [2.05, 4.69) is 6.07 Å². The molecule has 1 saturated carbocycles. The first-order valence-corrected chi connectivity index (χ1v) is 9.29. The predicted octanol–water partition coefficient (Wildman–Crippen LogP) is 3.03. The van der Waals surface area contributed by atoms with E-state index in [1.165, 1.54) is 5.57 Å². The number of benzene rings is 2. The van der Waals surface area contributed by atoms with Crippen LogP contribution < -0.4 is 14.9 Å². The van der Waals surface area contributed by atoms with Crippen LogP contribution >= 0.6 is 0 Å². The molecule has 0 saturated heterocycles. The molecule has 2 aromatic rings. The molecule has 0 spiro atoms. The third-order valence-corrected chi connectivity index (χ3v) is 4.65. The van der Waals surface area contributed by atoms with E-state index >= 15 is 0 Å². The van der Waals surface area contributed by atoms with Gasteiger partial charge in [0.1, 0.15) is 18.1 Å². The fraction of sp³-hybridized carbons (Fsp3) is 0.286. The monoisotopic (exact) mass is 377 g/mol. The first-order valence-electron chi connectivity index (χ1n) is 9.29. The smallest absolute Gasteiger partial charge is 0.491 e. The Bertz CT molecular complexity index is 960. The average molecular weight is 377 g/mol. The van der Waals surface area contributed by atoms with E-state index < -0.39 is 7.12 Å². The molecule has 1 aliphatic heterocycles. The summed E-state index contributed by atoms with van der Waals surface area (Å²) in [7, 11) is -0.884. The molecule has 2 aliphatic rings. The van der Waals surface area contributed by atoms with E-state index in [-0.39, 0.29) is 0 Å². The quantitative estimate of drug-likeness (QED) is 0.590. The molecule has 4 rings (SSSR count). The van der Waals surface area contributed by atoms with E-state index in [0.29, 0.717) is 42.6 Å². The van der Waals surface area contributed by atoms with Crippen molar-refractivity contribution >= 4 is 12.6 Å². The molecule has 7 heteroatoms. The number of fused-ring (bicyclic) bond motifs is 1. The maximum Gasteiger partial charge on any atom is 0.491 e. The minimum atomic E-state index is -0.884. The summed E-state index contributed by atoms with van der Waals surface area (Å²) >= 11 is 0. The standard InChI is InChI=1S/C21H20BNO5/c1-2-25-21(15-4-5-15)13-26-20-9-14(11-23)3-8-19(20)28-17-6-7-18-16(10-17)12-27-22(18)24/h3,6-10,24H,2,4-5,12-13H2,1H3. The molecule has 0 atom stereocenters. The largest absolute Gasteiger partial charge is 0.495 e. The molecule has 142 valence electrons. The van der Waals surface area contributed by atoms with E-state index in [0.717, 1.165) is 29.6 Å². The molecule has 0 amide bonds. The van der Waals surface area contributed by atoms with Crippen molar-refractivity contribution in [2.24, 2.45) is 0 Å². The highest BCUT2D eigenvalue weighted by Gasteiger charge is 2.27. The summed E-state index contributed by atoms with van der Waals surface area (Å²) in [6.07, 6.45) is 2.09. The van der Waals surface area contributed by atoms with Crippen molar-refractivity contribution in [3.05, 3.63) is 58.9 Å². The first kappa shape index (κ1) is 18.4. The van der Waals surface area contributed by atoms with Crippen LogP contribution in [0.4, 0.5) is 0 Å². The van der Waals surface area contributed by atoms with Gasteiger partial charge < -0.3 is 23.9 Å². The van der Waals surface area contributed by atoms with Crippen LogP contribution in [0, 0.1) is 11.3 Å². The number of nitriles is 1. The van der Waals surface area contributed by atoms with Gasteiger partial charge in [-0.3, -0.25) is 0 Å². The first-order chi connectivity index (χ1) is 13.7. The van der Waals surface area contributed by atoms with Gasteiger partial charge in [0.05, 0.1) is 24.8 Å². The second-order valence-electron chi connectivity index (χ2n) is 6.65. The molecular weight excluding hydrogens is 357 g/mol. The fourth-order valence-corrected chi connectivity index (χ4v) is 3.08. The van der Waals surface area contributed by atoms with Gasteiger partial charge in [-0.25, -0.2) is 0 Å². The Hall–Kier alpha value is -2.95. The molecule has 0 radical (unpaired) electrons. The van der Waals surface area contributed by atoms with Crippen LogP contribution in [0.15, 0.2) is 47.7 Å². The van der Waals surface area contributed by atoms with Crippen molar-refractivity contribution in [2.75, 3.05) is 13.2 Å². The Balaban J connectivity index is 1.55. The summed E-state index contributed by atoms with van der Waals surface area (Å²) in [6, 6.07) is 12.6. The minimum absolute atomic E-state index is 0.304. The molecule has 1 aliphatic carbocycles. The highest BCUT2D eigenvalue weighted by Crippen LogP contribution is 2.35. The summed E-state index contributed by atoms with van der Waals surface area (Å²) in [6.45, 7) is 3.18. The lowest BCUT2D eigenvalue weighted by atomic mass is 9.80. The van der Waals surface area contributed by atoms with Crippen LogP contribution in [0.3, 0.4) is 0 Å². The molecule has 1 heterocycles. The van der Waals surface area contributed by atoms with Crippen molar-refractivity contribution in [1.29, 1.82) is 5.26 Å². The molecule has 1 fully saturated rings. The normalized spacial score (nSPS) is 14.3. The Labute approximate surface area is 164 Å². The van der Waals surface area contributed by atoms with Gasteiger partial charge in [-0.1, -0.05) is 6.07 Å². The van der Waals surface area contributed by atoms with Gasteiger partial charge in [0, 0.05) is 6.07 Å². The number of ether oxygens (including phenoxy) is 3. The molecule has 0 unspecified atom stereocenters. The van der Waals surface area contributed by atoms with Crippen LogP contribution in [0.2, 0.25) is 0 Å². The van der Waals surface area contributed by atoms with Crippen molar-refractivity contribution in [1.82, 2.24) is 0 Å². The van der Waals surface area contributed by atoms with Gasteiger partial charge in [-0.05, 0) is 60.6 Å². The van der Waals surface area contributed by atoms with Crippen molar-refractivity contribution in [3.8, 4) is 23.3 Å². The lowest BCUT2D eigenvalue weighted by Crippen LogP contribution is -2.27. The van der Waals surface area contributed by atoms with Crippen LogP contribution in [0.5, 0.6) is 17.2 Å². The van der Waals surface area contributed by atoms with Crippen LogP contribution in [-0.2, 0) is 16.0 Å². The molecule has 6 nitrogen and oxygen atoms in total. The molecular formula is C21H20BNO5. The third kappa shape index (κ3) is 3.98. The predicted molar refractivity (Wildman–Crippen MR) is 103 cm³/mol. The van der Waals surface area contributed by atoms with E-state index in [9.17, 15) is 10.3 Å². The van der Waals surface area contributed by atoms with Crippen molar-refractivity contribution in [2.45, 2.75) is 26.4 Å². The van der Waals surface area contributed by atoms with E-state index in [1.54, 1.807) is 30.3 Å². The van der Waals surface area contributed by atoms with Crippen LogP contribution in [-0.4, -0.2) is 25.4 Å². The molecule has 0 bridgehead atoms. The SMILES string of the molecule is CCOC(COc1cc(C#N)ccc1Oc1ccc2c(c1)COB2O)=C1CC1. The van der Waals surface area contributed by atoms with Gasteiger partial charge in [-0.15, -0.1) is 0 Å². The van der Waals surface area contributed by atoms with Crippen molar-refractivity contribution in [3.63, 3.8) is 0 Å². The minimum Gasteiger partial charge on any atom is -0.495 e. The lowest BCUT2D eigenvalue weighted by molar-refractivity contribution is 0.177. The second kappa shape index (κ2) is 7.97. The summed E-state index contributed by atoms with van der Waals surface area (Å²) < 4.78 is 22.9. The number of allylic oxidation sites excluding steroid dienone is 1. The average Bonchev–Trinajstić information content (AvgIpc) is 3.49. The molecule has 28 heavy (non-hydrogen) atoms. The maximum absolute atomic E-state index is 9.75. The zero-order valence-electron chi connectivity index (χ0n) is 15.6. The molecule has 2 aromatic carbocycles. The summed E-state index contributed by atoms with van der Waals surface area (Å²) in [5.74, 6) is 2.46. The number of rotatable bonds is 7. The van der Waals surface area contributed by atoms with E-state index in [4.69, 9.17) is 18.9 Å². The van der Waals surface area contributed by atoms with Gasteiger partial charge in [0.15, 0.2) is 11.5 Å². The lowest BCUT2D eigenvalue weighted by Gasteiger charge is -2.15. The zero-order chi connectivity index (χ0) is 19.5. The van der Waals surface area contributed by atoms with Crippen LogP contribution in [0.1, 0.15) is 30.9 Å². The number of nitrogens with zero attached hydrogens (tertiary/aromatic N) is 1. The maximum atomic E-state index is 9.75. The van der Waals surface area contributed by atoms with E-state index in [1.807, 2.05) is 13.0 Å². The highest BCUT2D eigenvalue weighted by molar-refractivity contribution is 6.61. The summed E-state index contributed by atoms with van der Waals surface area (Å²) in [5.41, 5.74) is 3.40. The Morgan fingerprint density at radius 2 is 2.07 bits per heavy atom. The number of hydrogen-bond donors (Lipinski definition) is 1. The van der Waals surface area contributed by atoms with Gasteiger partial charge >= 0.3 is 7.12 Å². The Kier molecular flexibility index (Phi) is 5.24. The summed E-state index contributed by atoms with van der Waals surface area (Å²) in [4.78, 5) is 0. The van der Waals surface area contributed by atoms with Gasteiger partial charge in [-0.2, -0.15) is 5.26 Å². The highest BCUT2D eigenvalue weighted by atomic mass is 16.5. The Morgan fingerprint density at radius 3 is 2.82 bits per heavy atom. The van der Waals surface area contributed by atoms with Crippen molar-refractivity contribution < 1.29 is 23.9 Å². The molecule has 0 aromatic heterocycles. The molecule has 1 N–H and O–H groups in total. The third-order valence-electron chi connectivity index (χ3n) is 4.65. The zero-order valence-corrected chi connectivity index (χ0v) is 15.6. The summed E-state index contributed by atoms with van der Waals surface area (Å²) in [5, 5.41) is 19.0. The fourth-order valence-electron chi connectivity index (χ4n) is 3.08. The number of hydrogen-bond acceptors (Lipinski definition) is 6. The Morgan fingerprint density at radius 1 is 1.21 bits per heavy atom.